The molecule has 1 aromatic carbocycles. The fraction of sp³-hybridized carbons (Fsp3) is 0.231. The molecule has 0 aliphatic carbocycles. The predicted molar refractivity (Wildman–Crippen MR) is 73.5 cm³/mol. The Bertz CT molecular complexity index is 534. The molecule has 1 heterocycles. The van der Waals surface area contributed by atoms with Crippen LogP contribution < -0.4 is 15.8 Å². The molecule has 0 fully saturated rings. The Morgan fingerprint density at radius 3 is 2.95 bits per heavy atom. The van der Waals surface area contributed by atoms with Gasteiger partial charge in [0.15, 0.2) is 0 Å². The van der Waals surface area contributed by atoms with Crippen LogP contribution in [0.3, 0.4) is 0 Å². The zero-order chi connectivity index (χ0) is 13.5. The topological polar surface area (TPSA) is 82.3 Å². The van der Waals surface area contributed by atoms with Crippen molar-refractivity contribution in [3.05, 3.63) is 36.5 Å². The summed E-state index contributed by atoms with van der Waals surface area (Å²) in [6.07, 6.45) is 1.60. The summed E-state index contributed by atoms with van der Waals surface area (Å²) in [5, 5.41) is 3.06. The Balaban J connectivity index is 2.02. The number of rotatable bonds is 6. The molecule has 1 aromatic heterocycles. The summed E-state index contributed by atoms with van der Waals surface area (Å²) in [6, 6.07) is 9.16. The summed E-state index contributed by atoms with van der Waals surface area (Å²) in [6.45, 7) is 1.06. The van der Waals surface area contributed by atoms with Gasteiger partial charge in [-0.25, -0.2) is 4.98 Å². The highest BCUT2D eigenvalue weighted by molar-refractivity contribution is 5.56. The minimum atomic E-state index is 0.421. The van der Waals surface area contributed by atoms with E-state index < -0.39 is 0 Å². The summed E-state index contributed by atoms with van der Waals surface area (Å²) in [5.41, 5.74) is 6.43. The van der Waals surface area contributed by atoms with Crippen molar-refractivity contribution >= 4 is 17.5 Å². The van der Waals surface area contributed by atoms with Gasteiger partial charge in [-0.15, -0.1) is 0 Å². The van der Waals surface area contributed by atoms with Gasteiger partial charge in [0.25, 0.3) is 0 Å². The predicted octanol–water partition coefficient (Wildman–Crippen LogP) is 1.83. The molecular formula is C13H16N4O2. The molecule has 3 N–H and O–H groups in total. The summed E-state index contributed by atoms with van der Waals surface area (Å²) in [7, 11) is 1.64. The number of nitrogen functional groups attached to an aromatic ring is 1. The van der Waals surface area contributed by atoms with Gasteiger partial charge in [-0.3, -0.25) is 0 Å². The van der Waals surface area contributed by atoms with E-state index in [0.29, 0.717) is 25.0 Å². The number of benzene rings is 1. The second-order valence-corrected chi connectivity index (χ2v) is 3.80. The Morgan fingerprint density at radius 1 is 1.26 bits per heavy atom. The largest absolute Gasteiger partial charge is 0.491 e. The van der Waals surface area contributed by atoms with Gasteiger partial charge in [0.2, 0.25) is 5.95 Å². The number of nitrogens with zero attached hydrogens (tertiary/aromatic N) is 2. The van der Waals surface area contributed by atoms with Gasteiger partial charge in [0, 0.05) is 25.1 Å². The number of anilines is 3. The molecule has 0 saturated carbocycles. The molecule has 0 radical (unpaired) electrons. The molecule has 0 amide bonds. The molecule has 100 valence electrons. The molecule has 6 heteroatoms. The number of nitrogens with one attached hydrogen (secondary N) is 1. The standard InChI is InChI=1S/C13H16N4O2/c1-18-7-8-19-11-4-2-3-10(9-11)16-13-15-6-5-12(14)17-13/h2-6,9H,7-8H2,1H3,(H3,14,15,16,17). The highest BCUT2D eigenvalue weighted by Gasteiger charge is 2.00. The highest BCUT2D eigenvalue weighted by atomic mass is 16.5. The van der Waals surface area contributed by atoms with Gasteiger partial charge in [-0.05, 0) is 18.2 Å². The normalized spacial score (nSPS) is 10.2. The number of nitrogens with two attached hydrogens (primary N) is 1. The lowest BCUT2D eigenvalue weighted by Gasteiger charge is -2.08. The molecule has 0 spiro atoms. The number of hydrogen-bond acceptors (Lipinski definition) is 6. The van der Waals surface area contributed by atoms with Gasteiger partial charge in [-0.2, -0.15) is 4.98 Å². The quantitative estimate of drug-likeness (QED) is 0.771. The van der Waals surface area contributed by atoms with Crippen molar-refractivity contribution in [3.63, 3.8) is 0 Å². The third-order valence-corrected chi connectivity index (χ3v) is 2.32. The summed E-state index contributed by atoms with van der Waals surface area (Å²) >= 11 is 0. The molecule has 0 aliphatic rings. The molecule has 2 aromatic rings. The first-order valence-electron chi connectivity index (χ1n) is 5.85. The van der Waals surface area contributed by atoms with Gasteiger partial charge in [0.05, 0.1) is 6.61 Å². The average Bonchev–Trinajstić information content (AvgIpc) is 2.39. The van der Waals surface area contributed by atoms with Crippen molar-refractivity contribution in [1.29, 1.82) is 0 Å². The van der Waals surface area contributed by atoms with Crippen LogP contribution in [0.15, 0.2) is 36.5 Å². The molecule has 6 nitrogen and oxygen atoms in total. The van der Waals surface area contributed by atoms with Crippen LogP contribution in [0.5, 0.6) is 5.75 Å². The molecule has 2 rings (SSSR count). The first-order valence-corrected chi connectivity index (χ1v) is 5.85. The lowest BCUT2D eigenvalue weighted by atomic mass is 10.3. The Morgan fingerprint density at radius 2 is 2.16 bits per heavy atom. The second-order valence-electron chi connectivity index (χ2n) is 3.80. The second kappa shape index (κ2) is 6.55. The van der Waals surface area contributed by atoms with E-state index in [1.807, 2.05) is 24.3 Å². The average molecular weight is 260 g/mol. The first-order chi connectivity index (χ1) is 9.28. The van der Waals surface area contributed by atoms with Crippen LogP contribution in [0, 0.1) is 0 Å². The Hall–Kier alpha value is -2.34. The molecular weight excluding hydrogens is 244 g/mol. The zero-order valence-corrected chi connectivity index (χ0v) is 10.7. The van der Waals surface area contributed by atoms with Crippen LogP contribution in [0.1, 0.15) is 0 Å². The number of methoxy groups -OCH3 is 1. The number of hydrogen-bond donors (Lipinski definition) is 2. The van der Waals surface area contributed by atoms with Gasteiger partial charge >= 0.3 is 0 Å². The molecule has 19 heavy (non-hydrogen) atoms. The minimum Gasteiger partial charge on any atom is -0.491 e. The van der Waals surface area contributed by atoms with E-state index in [0.717, 1.165) is 11.4 Å². The van der Waals surface area contributed by atoms with Crippen molar-refractivity contribution in [3.8, 4) is 5.75 Å². The van der Waals surface area contributed by atoms with E-state index in [2.05, 4.69) is 15.3 Å². The third kappa shape index (κ3) is 4.11. The summed E-state index contributed by atoms with van der Waals surface area (Å²) in [5.74, 6) is 1.63. The Kier molecular flexibility index (Phi) is 4.52. The van der Waals surface area contributed by atoms with Crippen molar-refractivity contribution in [2.75, 3.05) is 31.4 Å². The van der Waals surface area contributed by atoms with Crippen LogP contribution >= 0.6 is 0 Å². The third-order valence-electron chi connectivity index (χ3n) is 2.32. The number of aromatic nitrogens is 2. The van der Waals surface area contributed by atoms with E-state index >= 15 is 0 Å². The van der Waals surface area contributed by atoms with E-state index in [9.17, 15) is 0 Å². The zero-order valence-electron chi connectivity index (χ0n) is 10.7. The van der Waals surface area contributed by atoms with E-state index in [-0.39, 0.29) is 0 Å². The lowest BCUT2D eigenvalue weighted by Crippen LogP contribution is -2.04. The smallest absolute Gasteiger partial charge is 0.229 e. The molecule has 0 unspecified atom stereocenters. The molecule has 0 atom stereocenters. The maximum Gasteiger partial charge on any atom is 0.229 e. The van der Waals surface area contributed by atoms with Crippen molar-refractivity contribution in [1.82, 2.24) is 9.97 Å². The summed E-state index contributed by atoms with van der Waals surface area (Å²) < 4.78 is 10.4. The fourth-order valence-corrected chi connectivity index (χ4v) is 1.47. The molecule has 0 aliphatic heterocycles. The van der Waals surface area contributed by atoms with E-state index in [1.165, 1.54) is 0 Å². The summed E-state index contributed by atoms with van der Waals surface area (Å²) in [4.78, 5) is 8.15. The minimum absolute atomic E-state index is 0.421. The van der Waals surface area contributed by atoms with Gasteiger partial charge in [-0.1, -0.05) is 6.07 Å². The van der Waals surface area contributed by atoms with Crippen molar-refractivity contribution in [2.45, 2.75) is 0 Å². The first kappa shape index (κ1) is 13.1. The SMILES string of the molecule is COCCOc1cccc(Nc2nccc(N)n2)c1. The van der Waals surface area contributed by atoms with E-state index in [4.69, 9.17) is 15.2 Å². The number of ether oxygens (including phenoxy) is 2. The lowest BCUT2D eigenvalue weighted by molar-refractivity contribution is 0.146. The van der Waals surface area contributed by atoms with Crippen LogP contribution in [0.4, 0.5) is 17.5 Å². The van der Waals surface area contributed by atoms with Crippen molar-refractivity contribution < 1.29 is 9.47 Å². The molecule has 0 bridgehead atoms. The maximum atomic E-state index is 5.59. The van der Waals surface area contributed by atoms with Crippen molar-refractivity contribution in [2.24, 2.45) is 0 Å². The molecule has 0 saturated heterocycles. The maximum absolute atomic E-state index is 5.59. The van der Waals surface area contributed by atoms with Crippen LogP contribution in [-0.4, -0.2) is 30.3 Å². The van der Waals surface area contributed by atoms with Crippen LogP contribution in [-0.2, 0) is 4.74 Å². The van der Waals surface area contributed by atoms with Gasteiger partial charge in [0.1, 0.15) is 18.2 Å². The van der Waals surface area contributed by atoms with Crippen LogP contribution in [0.25, 0.3) is 0 Å². The van der Waals surface area contributed by atoms with Gasteiger partial charge < -0.3 is 20.5 Å². The van der Waals surface area contributed by atoms with E-state index in [1.54, 1.807) is 19.4 Å². The highest BCUT2D eigenvalue weighted by Crippen LogP contribution is 2.19. The van der Waals surface area contributed by atoms with Crippen LogP contribution in [0.2, 0.25) is 0 Å². The fourth-order valence-electron chi connectivity index (χ4n) is 1.47. The Labute approximate surface area is 111 Å². The monoisotopic (exact) mass is 260 g/mol.